The Morgan fingerprint density at radius 3 is 2.50 bits per heavy atom. The fourth-order valence-electron chi connectivity index (χ4n) is 3.89. The summed E-state index contributed by atoms with van der Waals surface area (Å²) < 4.78 is 22.3. The molecule has 2 atom stereocenters. The highest BCUT2D eigenvalue weighted by Crippen LogP contribution is 2.51. The van der Waals surface area contributed by atoms with Crippen molar-refractivity contribution in [3.05, 3.63) is 59.7 Å². The van der Waals surface area contributed by atoms with Crippen LogP contribution >= 0.6 is 10.8 Å². The number of hydrogen-bond donors (Lipinski definition) is 7. The molecule has 1 fully saturated rings. The van der Waals surface area contributed by atoms with E-state index in [1.807, 2.05) is 37.3 Å². The summed E-state index contributed by atoms with van der Waals surface area (Å²) >= 11 is 0. The van der Waals surface area contributed by atoms with Crippen LogP contribution in [-0.4, -0.2) is 68.9 Å². The molecule has 2 amide bonds. The molecule has 7 N–H and O–H groups in total. The minimum Gasteiger partial charge on any atom is -0.465 e. The smallest absolute Gasteiger partial charge is 0.404 e. The lowest BCUT2D eigenvalue weighted by atomic mass is 10.0. The van der Waals surface area contributed by atoms with Gasteiger partial charge in [-0.05, 0) is 43.5 Å². The molecule has 2 aromatic rings. The standard InChI is InChI=1S/C23H32N4O6S/c1-2-24-18-12-17(13-19(14-18)27-9-6-10-34(27,32)33)22(29)26-20(21(28)15-25-23(30)31)11-16-7-4-3-5-8-16/h3-5,7-8,12-14,20-21,24-25,28,32-33H,2,6,9-11,15H2,1H3,(H,26,29)(H,30,31)/t20-,21+/m0/s1. The second-order valence-corrected chi connectivity index (χ2v) is 10.2. The van der Waals surface area contributed by atoms with Gasteiger partial charge in [-0.15, -0.1) is 10.8 Å². The summed E-state index contributed by atoms with van der Waals surface area (Å²) in [7, 11) is -2.94. The molecule has 10 nitrogen and oxygen atoms in total. The molecule has 0 bridgehead atoms. The molecule has 186 valence electrons. The average molecular weight is 493 g/mol. The van der Waals surface area contributed by atoms with E-state index in [4.69, 9.17) is 5.11 Å². The van der Waals surface area contributed by atoms with Crippen LogP contribution in [0, 0.1) is 0 Å². The van der Waals surface area contributed by atoms with Gasteiger partial charge in [-0.2, -0.15) is 0 Å². The number of aliphatic hydroxyl groups excluding tert-OH is 1. The van der Waals surface area contributed by atoms with Gasteiger partial charge in [0.2, 0.25) is 0 Å². The highest BCUT2D eigenvalue weighted by molar-refractivity contribution is 8.25. The molecule has 0 aliphatic carbocycles. The number of hydrogen-bond acceptors (Lipinski definition) is 7. The van der Waals surface area contributed by atoms with Gasteiger partial charge in [0, 0.05) is 30.9 Å². The summed E-state index contributed by atoms with van der Waals surface area (Å²) in [6.45, 7) is 2.74. The number of carbonyl (C=O) groups excluding carboxylic acids is 1. The third-order valence-corrected chi connectivity index (χ3v) is 7.46. The van der Waals surface area contributed by atoms with E-state index >= 15 is 0 Å². The molecule has 0 spiro atoms. The molecular weight excluding hydrogens is 460 g/mol. The van der Waals surface area contributed by atoms with E-state index in [2.05, 4.69) is 16.0 Å². The minimum absolute atomic E-state index is 0.246. The van der Waals surface area contributed by atoms with E-state index in [0.29, 0.717) is 37.3 Å². The van der Waals surface area contributed by atoms with E-state index < -0.39 is 34.9 Å². The van der Waals surface area contributed by atoms with Crippen LogP contribution in [0.2, 0.25) is 0 Å². The van der Waals surface area contributed by atoms with Crippen molar-refractivity contribution in [3.8, 4) is 0 Å². The molecule has 11 heteroatoms. The molecule has 1 heterocycles. The molecule has 1 aliphatic heterocycles. The maximum Gasteiger partial charge on any atom is 0.404 e. The van der Waals surface area contributed by atoms with Crippen LogP contribution in [0.25, 0.3) is 0 Å². The van der Waals surface area contributed by atoms with Gasteiger partial charge < -0.3 is 26.2 Å². The van der Waals surface area contributed by atoms with Gasteiger partial charge in [0.1, 0.15) is 0 Å². The van der Waals surface area contributed by atoms with Crippen LogP contribution in [0.1, 0.15) is 29.3 Å². The quantitative estimate of drug-likeness (QED) is 0.267. The van der Waals surface area contributed by atoms with E-state index in [1.54, 1.807) is 18.2 Å². The fourth-order valence-corrected chi connectivity index (χ4v) is 5.49. The van der Waals surface area contributed by atoms with Crippen molar-refractivity contribution in [2.45, 2.75) is 31.9 Å². The van der Waals surface area contributed by atoms with Gasteiger partial charge in [-0.25, -0.2) is 4.79 Å². The highest BCUT2D eigenvalue weighted by atomic mass is 32.3. The normalized spacial score (nSPS) is 17.5. The summed E-state index contributed by atoms with van der Waals surface area (Å²) in [4.78, 5) is 24.1. The highest BCUT2D eigenvalue weighted by Gasteiger charge is 2.30. The molecule has 3 rings (SSSR count). The van der Waals surface area contributed by atoms with E-state index in [0.717, 1.165) is 5.56 Å². The maximum absolute atomic E-state index is 13.2. The zero-order valence-corrected chi connectivity index (χ0v) is 19.8. The number of amides is 2. The van der Waals surface area contributed by atoms with Gasteiger partial charge in [-0.1, -0.05) is 30.3 Å². The van der Waals surface area contributed by atoms with Crippen molar-refractivity contribution in [3.63, 3.8) is 0 Å². The van der Waals surface area contributed by atoms with Crippen LogP contribution in [0.3, 0.4) is 0 Å². The van der Waals surface area contributed by atoms with Crippen LogP contribution < -0.4 is 20.3 Å². The molecule has 0 unspecified atom stereocenters. The Balaban J connectivity index is 1.86. The number of anilines is 2. The van der Waals surface area contributed by atoms with Crippen LogP contribution in [-0.2, 0) is 6.42 Å². The van der Waals surface area contributed by atoms with Gasteiger partial charge in [-0.3, -0.25) is 18.2 Å². The summed E-state index contributed by atoms with van der Waals surface area (Å²) in [5.41, 5.74) is 2.33. The topological polar surface area (TPSA) is 154 Å². The Bertz CT molecular complexity index is 991. The number of carbonyl (C=O) groups is 2. The van der Waals surface area contributed by atoms with Crippen molar-refractivity contribution < 1.29 is 28.9 Å². The molecular formula is C23H32N4O6S. The first kappa shape index (κ1) is 25.6. The average Bonchev–Trinajstić information content (AvgIpc) is 3.16. The Labute approximate surface area is 200 Å². The summed E-state index contributed by atoms with van der Waals surface area (Å²) in [6.07, 6.45) is -1.50. The lowest BCUT2D eigenvalue weighted by molar-refractivity contribution is 0.0830. The largest absolute Gasteiger partial charge is 0.465 e. The van der Waals surface area contributed by atoms with Gasteiger partial charge in [0.05, 0.1) is 23.6 Å². The van der Waals surface area contributed by atoms with Crippen LogP contribution in [0.4, 0.5) is 16.2 Å². The zero-order valence-electron chi connectivity index (χ0n) is 19.0. The molecule has 2 aromatic carbocycles. The fraction of sp³-hybridized carbons (Fsp3) is 0.391. The van der Waals surface area contributed by atoms with Gasteiger partial charge in [0.25, 0.3) is 5.91 Å². The zero-order chi connectivity index (χ0) is 24.7. The van der Waals surface area contributed by atoms with Crippen LogP contribution in [0.15, 0.2) is 48.5 Å². The molecule has 1 saturated heterocycles. The molecule has 1 aliphatic rings. The van der Waals surface area contributed by atoms with E-state index in [1.165, 1.54) is 4.31 Å². The summed E-state index contributed by atoms with van der Waals surface area (Å²) in [5, 5.41) is 27.7. The van der Waals surface area contributed by atoms with Crippen molar-refractivity contribution in [1.82, 2.24) is 10.6 Å². The van der Waals surface area contributed by atoms with Gasteiger partial charge in [0.15, 0.2) is 0 Å². The van der Waals surface area contributed by atoms with E-state index in [-0.39, 0.29) is 17.9 Å². The Kier molecular flexibility index (Phi) is 8.61. The number of benzene rings is 2. The van der Waals surface area contributed by atoms with Crippen molar-refractivity contribution in [2.75, 3.05) is 35.0 Å². The van der Waals surface area contributed by atoms with E-state index in [9.17, 15) is 23.8 Å². The first-order valence-corrected chi connectivity index (χ1v) is 12.8. The summed E-state index contributed by atoms with van der Waals surface area (Å²) in [5.74, 6) is -0.186. The SMILES string of the molecule is CCNc1cc(C(=O)N[C@@H](Cc2ccccc2)[C@H](O)CNC(=O)O)cc(N2CCCS2(O)O)c1. The molecule has 0 aromatic heterocycles. The molecule has 34 heavy (non-hydrogen) atoms. The predicted molar refractivity (Wildman–Crippen MR) is 134 cm³/mol. The van der Waals surface area contributed by atoms with Crippen molar-refractivity contribution >= 4 is 34.2 Å². The number of rotatable bonds is 10. The first-order chi connectivity index (χ1) is 16.2. The summed E-state index contributed by atoms with van der Waals surface area (Å²) in [6, 6.07) is 13.5. The number of aliphatic hydroxyl groups is 1. The van der Waals surface area contributed by atoms with Gasteiger partial charge >= 0.3 is 6.09 Å². The maximum atomic E-state index is 13.2. The first-order valence-electron chi connectivity index (χ1n) is 11.1. The van der Waals surface area contributed by atoms with Crippen LogP contribution in [0.5, 0.6) is 0 Å². The Morgan fingerprint density at radius 2 is 1.88 bits per heavy atom. The minimum atomic E-state index is -2.94. The lowest BCUT2D eigenvalue weighted by Crippen LogP contribution is -2.49. The third-order valence-electron chi connectivity index (χ3n) is 5.52. The van der Waals surface area contributed by atoms with Crippen molar-refractivity contribution in [2.24, 2.45) is 0 Å². The number of carboxylic acid groups (broad SMARTS) is 1. The second kappa shape index (κ2) is 11.4. The Hall–Kier alpha value is -2.99. The molecule has 0 radical (unpaired) electrons. The number of nitrogens with one attached hydrogen (secondary N) is 3. The lowest BCUT2D eigenvalue weighted by Gasteiger charge is -2.38. The third kappa shape index (κ3) is 6.76. The second-order valence-electron chi connectivity index (χ2n) is 8.11. The van der Waals surface area contributed by atoms with Crippen molar-refractivity contribution in [1.29, 1.82) is 0 Å². The predicted octanol–water partition coefficient (Wildman–Crippen LogP) is 2.96. The molecule has 0 saturated carbocycles. The number of nitrogens with zero attached hydrogens (tertiary/aromatic N) is 1. The monoisotopic (exact) mass is 492 g/mol. The Morgan fingerprint density at radius 1 is 1.15 bits per heavy atom.